The highest BCUT2D eigenvalue weighted by Crippen LogP contribution is 2.32. The molecule has 3 aromatic rings. The number of benzene rings is 1. The summed E-state index contributed by atoms with van der Waals surface area (Å²) in [5.41, 5.74) is 5.06. The zero-order valence-electron chi connectivity index (χ0n) is 17.9. The number of hydrogen-bond acceptors (Lipinski definition) is 8. The number of thioether (sulfide) groups is 1. The van der Waals surface area contributed by atoms with E-state index >= 15 is 0 Å². The van der Waals surface area contributed by atoms with Crippen LogP contribution in [0.3, 0.4) is 0 Å². The normalized spacial score (nSPS) is 14.4. The molecule has 1 fully saturated rings. The molecular weight excluding hydrogens is 416 g/mol. The quantitative estimate of drug-likeness (QED) is 0.403. The Morgan fingerprint density at radius 3 is 2.81 bits per heavy atom. The predicted octanol–water partition coefficient (Wildman–Crippen LogP) is 2.38. The summed E-state index contributed by atoms with van der Waals surface area (Å²) >= 11 is 1.87. The van der Waals surface area contributed by atoms with E-state index in [1.165, 1.54) is 0 Å². The van der Waals surface area contributed by atoms with Gasteiger partial charge in [-0.05, 0) is 24.6 Å². The molecule has 0 radical (unpaired) electrons. The Balaban J connectivity index is 1.71. The van der Waals surface area contributed by atoms with Crippen LogP contribution in [0.5, 0.6) is 5.75 Å². The number of rotatable bonds is 8. The van der Waals surface area contributed by atoms with Gasteiger partial charge in [-0.15, -0.1) is 0 Å². The highest BCUT2D eigenvalue weighted by Gasteiger charge is 2.20. The SMILES string of the molecule is CCCn1c(COC)nc2c(NN)nc3ccc(OCC(=O)N4CCSCC4)cc3c21. The summed E-state index contributed by atoms with van der Waals surface area (Å²) < 4.78 is 13.4. The molecule has 0 bridgehead atoms. The average Bonchev–Trinajstić information content (AvgIpc) is 3.16. The summed E-state index contributed by atoms with van der Waals surface area (Å²) in [6.07, 6.45) is 0.941. The summed E-state index contributed by atoms with van der Waals surface area (Å²) in [6, 6.07) is 5.64. The highest BCUT2D eigenvalue weighted by atomic mass is 32.2. The minimum Gasteiger partial charge on any atom is -0.484 e. The Bertz CT molecular complexity index is 1080. The smallest absolute Gasteiger partial charge is 0.260 e. The number of fused-ring (bicyclic) bond motifs is 3. The number of nitrogens with two attached hydrogens (primary N) is 1. The molecule has 1 aliphatic heterocycles. The fourth-order valence-corrected chi connectivity index (χ4v) is 4.76. The molecule has 10 heteroatoms. The summed E-state index contributed by atoms with van der Waals surface area (Å²) in [5.74, 6) is 9.67. The first-order chi connectivity index (χ1) is 15.2. The minimum atomic E-state index is 0.0183. The second kappa shape index (κ2) is 9.71. The first-order valence-corrected chi connectivity index (χ1v) is 11.6. The van der Waals surface area contributed by atoms with Crippen molar-refractivity contribution < 1.29 is 14.3 Å². The van der Waals surface area contributed by atoms with Crippen molar-refractivity contribution in [3.8, 4) is 5.75 Å². The van der Waals surface area contributed by atoms with Crippen molar-refractivity contribution >= 4 is 45.4 Å². The number of ether oxygens (including phenoxy) is 2. The molecule has 1 amide bonds. The van der Waals surface area contributed by atoms with Gasteiger partial charge in [0, 0.05) is 43.6 Å². The zero-order valence-corrected chi connectivity index (χ0v) is 18.7. The van der Waals surface area contributed by atoms with Crippen LogP contribution in [0, 0.1) is 0 Å². The predicted molar refractivity (Wildman–Crippen MR) is 123 cm³/mol. The second-order valence-corrected chi connectivity index (χ2v) is 8.60. The number of hydrogen-bond donors (Lipinski definition) is 2. The van der Waals surface area contributed by atoms with Gasteiger partial charge in [0.15, 0.2) is 12.4 Å². The third kappa shape index (κ3) is 4.41. The van der Waals surface area contributed by atoms with Crippen molar-refractivity contribution in [1.29, 1.82) is 0 Å². The number of aryl methyl sites for hydroxylation is 1. The molecule has 4 rings (SSSR count). The molecule has 166 valence electrons. The van der Waals surface area contributed by atoms with Crippen molar-refractivity contribution in [2.45, 2.75) is 26.5 Å². The van der Waals surface area contributed by atoms with E-state index in [-0.39, 0.29) is 12.5 Å². The van der Waals surface area contributed by atoms with Crippen molar-refractivity contribution in [2.24, 2.45) is 5.84 Å². The molecule has 9 nitrogen and oxygen atoms in total. The molecule has 3 N–H and O–H groups in total. The van der Waals surface area contributed by atoms with Crippen LogP contribution in [-0.2, 0) is 22.7 Å². The largest absolute Gasteiger partial charge is 0.484 e. The first kappa shape index (κ1) is 21.7. The highest BCUT2D eigenvalue weighted by molar-refractivity contribution is 7.99. The molecule has 0 atom stereocenters. The lowest BCUT2D eigenvalue weighted by atomic mass is 10.1. The Morgan fingerprint density at radius 2 is 2.10 bits per heavy atom. The number of imidazole rings is 1. The molecule has 0 unspecified atom stereocenters. The van der Waals surface area contributed by atoms with Gasteiger partial charge >= 0.3 is 0 Å². The molecule has 0 spiro atoms. The number of carbonyl (C=O) groups excluding carboxylic acids is 1. The van der Waals surface area contributed by atoms with Crippen LogP contribution in [0.15, 0.2) is 18.2 Å². The lowest BCUT2D eigenvalue weighted by Crippen LogP contribution is -2.40. The van der Waals surface area contributed by atoms with Crippen LogP contribution >= 0.6 is 11.8 Å². The first-order valence-electron chi connectivity index (χ1n) is 10.4. The number of carbonyl (C=O) groups is 1. The van der Waals surface area contributed by atoms with Gasteiger partial charge in [-0.25, -0.2) is 15.8 Å². The molecule has 31 heavy (non-hydrogen) atoms. The van der Waals surface area contributed by atoms with Gasteiger partial charge in [0.25, 0.3) is 5.91 Å². The summed E-state index contributed by atoms with van der Waals surface area (Å²) in [7, 11) is 1.65. The topological polar surface area (TPSA) is 108 Å². The van der Waals surface area contributed by atoms with E-state index in [1.54, 1.807) is 7.11 Å². The third-order valence-electron chi connectivity index (χ3n) is 5.31. The van der Waals surface area contributed by atoms with Crippen molar-refractivity contribution in [3.63, 3.8) is 0 Å². The van der Waals surface area contributed by atoms with E-state index in [1.807, 2.05) is 34.9 Å². The molecule has 3 heterocycles. The van der Waals surface area contributed by atoms with Gasteiger partial charge in [-0.2, -0.15) is 11.8 Å². The Kier molecular flexibility index (Phi) is 6.79. The summed E-state index contributed by atoms with van der Waals surface area (Å²) in [6.45, 7) is 4.88. The van der Waals surface area contributed by atoms with E-state index in [0.29, 0.717) is 23.7 Å². The number of hydrazine groups is 1. The van der Waals surface area contributed by atoms with Crippen molar-refractivity contribution in [2.75, 3.05) is 43.7 Å². The summed E-state index contributed by atoms with van der Waals surface area (Å²) in [5, 5.41) is 0.900. The van der Waals surface area contributed by atoms with E-state index in [0.717, 1.165) is 59.8 Å². The Morgan fingerprint density at radius 1 is 1.29 bits per heavy atom. The number of amides is 1. The van der Waals surface area contributed by atoms with Gasteiger partial charge in [0.1, 0.15) is 23.7 Å². The Labute approximate surface area is 185 Å². The van der Waals surface area contributed by atoms with Crippen molar-refractivity contribution in [1.82, 2.24) is 19.4 Å². The van der Waals surface area contributed by atoms with Gasteiger partial charge in [0.05, 0.1) is 11.0 Å². The van der Waals surface area contributed by atoms with Crippen LogP contribution in [0.2, 0.25) is 0 Å². The maximum Gasteiger partial charge on any atom is 0.260 e. The maximum atomic E-state index is 12.5. The number of aromatic nitrogens is 3. The maximum absolute atomic E-state index is 12.5. The van der Waals surface area contributed by atoms with Gasteiger partial charge in [0.2, 0.25) is 0 Å². The van der Waals surface area contributed by atoms with Crippen LogP contribution in [0.1, 0.15) is 19.2 Å². The second-order valence-electron chi connectivity index (χ2n) is 7.38. The molecule has 1 aromatic carbocycles. The van der Waals surface area contributed by atoms with Gasteiger partial charge in [-0.3, -0.25) is 4.79 Å². The molecule has 0 saturated carbocycles. The van der Waals surface area contributed by atoms with Gasteiger partial charge < -0.3 is 24.4 Å². The minimum absolute atomic E-state index is 0.0183. The van der Waals surface area contributed by atoms with E-state index in [9.17, 15) is 4.79 Å². The number of pyridine rings is 1. The molecule has 2 aromatic heterocycles. The number of nitrogens with one attached hydrogen (secondary N) is 1. The number of anilines is 1. The molecular formula is C21H28N6O3S. The standard InChI is InChI=1S/C21H28N6O3S/c1-3-6-27-17(12-29-2)24-19-20(27)15-11-14(4-5-16(15)23-21(19)25-22)30-13-18(28)26-7-9-31-10-8-26/h4-5,11H,3,6-10,12-13,22H2,1-2H3,(H,23,25). The number of methoxy groups -OCH3 is 1. The third-order valence-corrected chi connectivity index (χ3v) is 6.25. The molecule has 1 saturated heterocycles. The summed E-state index contributed by atoms with van der Waals surface area (Å²) in [4.78, 5) is 23.7. The monoisotopic (exact) mass is 444 g/mol. The number of nitrogen functional groups attached to an aromatic ring is 1. The van der Waals surface area contributed by atoms with Crippen molar-refractivity contribution in [3.05, 3.63) is 24.0 Å². The van der Waals surface area contributed by atoms with Crippen LogP contribution in [-0.4, -0.2) is 63.7 Å². The van der Waals surface area contributed by atoms with Crippen LogP contribution in [0.4, 0.5) is 5.82 Å². The van der Waals surface area contributed by atoms with Crippen LogP contribution < -0.4 is 16.0 Å². The number of nitrogens with zero attached hydrogens (tertiary/aromatic N) is 4. The Hall–Kier alpha value is -2.56. The van der Waals surface area contributed by atoms with E-state index in [4.69, 9.17) is 20.3 Å². The van der Waals surface area contributed by atoms with Crippen LogP contribution in [0.25, 0.3) is 21.9 Å². The average molecular weight is 445 g/mol. The zero-order chi connectivity index (χ0) is 21.8. The fraction of sp³-hybridized carbons (Fsp3) is 0.476. The van der Waals surface area contributed by atoms with E-state index < -0.39 is 0 Å². The lowest BCUT2D eigenvalue weighted by Gasteiger charge is -2.26. The fourth-order valence-electron chi connectivity index (χ4n) is 3.86. The molecule has 0 aliphatic carbocycles. The molecule has 1 aliphatic rings. The lowest BCUT2D eigenvalue weighted by molar-refractivity contribution is -0.132. The van der Waals surface area contributed by atoms with Gasteiger partial charge in [-0.1, -0.05) is 6.92 Å². The van der Waals surface area contributed by atoms with E-state index in [2.05, 4.69) is 21.9 Å².